The van der Waals surface area contributed by atoms with Gasteiger partial charge in [0.1, 0.15) is 5.82 Å². The van der Waals surface area contributed by atoms with Crippen molar-refractivity contribution in [1.29, 1.82) is 5.26 Å². The third kappa shape index (κ3) is 3.56. The lowest BCUT2D eigenvalue weighted by Crippen LogP contribution is -2.52. The predicted molar refractivity (Wildman–Crippen MR) is 99.6 cm³/mol. The molecule has 2 heterocycles. The molecule has 2 aliphatic rings. The molecule has 1 aliphatic carbocycles. The van der Waals surface area contributed by atoms with Crippen LogP contribution in [0.1, 0.15) is 36.9 Å². The van der Waals surface area contributed by atoms with E-state index in [1.165, 1.54) is 12.3 Å². The van der Waals surface area contributed by atoms with E-state index < -0.39 is 0 Å². The summed E-state index contributed by atoms with van der Waals surface area (Å²) in [5, 5.41) is 12.4. The average molecular weight is 364 g/mol. The zero-order valence-corrected chi connectivity index (χ0v) is 15.0. The van der Waals surface area contributed by atoms with Crippen molar-refractivity contribution in [2.45, 2.75) is 37.1 Å². The Balaban J connectivity index is 1.42. The zero-order valence-electron chi connectivity index (χ0n) is 15.0. The number of amides is 1. The van der Waals surface area contributed by atoms with Crippen LogP contribution in [-0.4, -0.2) is 30.0 Å². The number of benzene rings is 1. The topological polar surface area (TPSA) is 69.0 Å². The van der Waals surface area contributed by atoms with Crippen LogP contribution in [0.25, 0.3) is 0 Å². The van der Waals surface area contributed by atoms with Gasteiger partial charge in [-0.2, -0.15) is 5.26 Å². The van der Waals surface area contributed by atoms with Crippen LogP contribution >= 0.6 is 0 Å². The maximum atomic E-state index is 13.1. The van der Waals surface area contributed by atoms with Crippen LogP contribution in [-0.2, 0) is 10.2 Å². The smallest absolute Gasteiger partial charge is 0.244 e. The number of nitrogens with zero attached hydrogens (tertiary/aromatic N) is 3. The van der Waals surface area contributed by atoms with Crippen LogP contribution in [0.4, 0.5) is 10.1 Å². The fourth-order valence-corrected chi connectivity index (χ4v) is 3.72. The van der Waals surface area contributed by atoms with Gasteiger partial charge in [-0.25, -0.2) is 4.39 Å². The Morgan fingerprint density at radius 3 is 2.67 bits per heavy atom. The van der Waals surface area contributed by atoms with E-state index in [1.807, 2.05) is 12.1 Å². The molecule has 1 saturated heterocycles. The van der Waals surface area contributed by atoms with E-state index in [0.29, 0.717) is 18.7 Å². The van der Waals surface area contributed by atoms with E-state index in [9.17, 15) is 9.18 Å². The first-order valence-corrected chi connectivity index (χ1v) is 9.28. The van der Waals surface area contributed by atoms with E-state index in [4.69, 9.17) is 5.26 Å². The molecule has 1 aromatic heterocycles. The molecule has 27 heavy (non-hydrogen) atoms. The van der Waals surface area contributed by atoms with Crippen molar-refractivity contribution in [1.82, 2.24) is 10.3 Å². The van der Waals surface area contributed by atoms with E-state index in [-0.39, 0.29) is 23.2 Å². The summed E-state index contributed by atoms with van der Waals surface area (Å²) in [6, 6.07) is 12.2. The Kier molecular flexibility index (Phi) is 4.63. The van der Waals surface area contributed by atoms with Gasteiger partial charge < -0.3 is 10.2 Å². The first-order chi connectivity index (χ1) is 13.1. The number of nitrogens with one attached hydrogen (secondary N) is 1. The minimum Gasteiger partial charge on any atom is -0.311 e. The van der Waals surface area contributed by atoms with Gasteiger partial charge >= 0.3 is 0 Å². The summed E-state index contributed by atoms with van der Waals surface area (Å²) >= 11 is 0. The van der Waals surface area contributed by atoms with Crippen molar-refractivity contribution in [3.63, 3.8) is 0 Å². The lowest BCUT2D eigenvalue weighted by Gasteiger charge is -2.33. The fraction of sp³-hybridized carbons (Fsp3) is 0.381. The fourth-order valence-electron chi connectivity index (χ4n) is 3.72. The maximum Gasteiger partial charge on any atom is 0.244 e. The molecular formula is C21H21FN4O. The van der Waals surface area contributed by atoms with Crippen molar-refractivity contribution in [2.75, 3.05) is 18.0 Å². The number of aromatic nitrogens is 1. The van der Waals surface area contributed by atoms with Crippen molar-refractivity contribution in [2.24, 2.45) is 0 Å². The number of nitriles is 1. The van der Waals surface area contributed by atoms with Gasteiger partial charge in [-0.05, 0) is 62.1 Å². The van der Waals surface area contributed by atoms with Gasteiger partial charge in [-0.1, -0.05) is 0 Å². The molecule has 4 rings (SSSR count). The third-order valence-corrected chi connectivity index (χ3v) is 5.56. The first-order valence-electron chi connectivity index (χ1n) is 9.28. The lowest BCUT2D eigenvalue weighted by molar-refractivity contribution is -0.121. The van der Waals surface area contributed by atoms with Gasteiger partial charge in [0.05, 0.1) is 23.9 Å². The predicted octanol–water partition coefficient (Wildman–Crippen LogP) is 2.91. The van der Waals surface area contributed by atoms with E-state index in [1.54, 1.807) is 23.1 Å². The van der Waals surface area contributed by atoms with Crippen LogP contribution in [0.3, 0.4) is 0 Å². The highest BCUT2D eigenvalue weighted by atomic mass is 19.1. The molecule has 1 N–H and O–H groups in total. The van der Waals surface area contributed by atoms with Gasteiger partial charge in [0.2, 0.25) is 5.91 Å². The Bertz CT molecular complexity index is 869. The van der Waals surface area contributed by atoms with Crippen LogP contribution in [0.2, 0.25) is 0 Å². The summed E-state index contributed by atoms with van der Waals surface area (Å²) in [6.45, 7) is 1.36. The number of anilines is 1. The van der Waals surface area contributed by atoms with E-state index in [0.717, 1.165) is 37.1 Å². The third-order valence-electron chi connectivity index (χ3n) is 5.56. The standard InChI is InChI=1S/C21H21FN4O/c22-16-5-8-19(24-13-16)21(9-10-21)14-25-18-2-1-11-26(20(18)27)17-6-3-15(12-23)4-7-17/h3-8,13,18,25H,1-2,9-11,14H2. The monoisotopic (exact) mass is 364 g/mol. The van der Waals surface area contributed by atoms with Gasteiger partial charge in [0.15, 0.2) is 0 Å². The summed E-state index contributed by atoms with van der Waals surface area (Å²) in [5.74, 6) is -0.267. The Hall–Kier alpha value is -2.78. The van der Waals surface area contributed by atoms with Gasteiger partial charge in [0.25, 0.3) is 0 Å². The van der Waals surface area contributed by atoms with Gasteiger partial charge in [0, 0.05) is 29.9 Å². The molecule has 2 aromatic rings. The lowest BCUT2D eigenvalue weighted by atomic mass is 9.98. The van der Waals surface area contributed by atoms with Crippen LogP contribution < -0.4 is 10.2 Å². The quantitative estimate of drug-likeness (QED) is 0.886. The maximum absolute atomic E-state index is 13.1. The van der Waals surface area contributed by atoms with Crippen LogP contribution in [0.15, 0.2) is 42.6 Å². The molecule has 0 bridgehead atoms. The van der Waals surface area contributed by atoms with E-state index >= 15 is 0 Å². The molecule has 0 radical (unpaired) electrons. The van der Waals surface area contributed by atoms with Gasteiger partial charge in [-0.15, -0.1) is 0 Å². The number of pyridine rings is 1. The summed E-state index contributed by atoms with van der Waals surface area (Å²) < 4.78 is 13.1. The highest BCUT2D eigenvalue weighted by Gasteiger charge is 2.46. The second kappa shape index (κ2) is 7.09. The number of rotatable bonds is 5. The largest absolute Gasteiger partial charge is 0.311 e. The Labute approximate surface area is 157 Å². The highest BCUT2D eigenvalue weighted by Crippen LogP contribution is 2.46. The van der Waals surface area contributed by atoms with Crippen LogP contribution in [0.5, 0.6) is 0 Å². The molecule has 1 atom stereocenters. The molecule has 1 aromatic carbocycles. The van der Waals surface area contributed by atoms with E-state index in [2.05, 4.69) is 16.4 Å². The molecule has 1 amide bonds. The van der Waals surface area contributed by atoms with Crippen molar-refractivity contribution in [3.05, 3.63) is 59.7 Å². The molecule has 1 saturated carbocycles. The number of piperidine rings is 1. The summed E-state index contributed by atoms with van der Waals surface area (Å²) in [5.41, 5.74) is 2.22. The molecule has 138 valence electrons. The summed E-state index contributed by atoms with van der Waals surface area (Å²) in [7, 11) is 0. The normalized spacial score (nSPS) is 21.0. The number of halogens is 1. The SMILES string of the molecule is N#Cc1ccc(N2CCCC(NCC3(c4ccc(F)cn4)CC3)C2=O)cc1. The zero-order chi connectivity index (χ0) is 18.9. The average Bonchev–Trinajstić information content (AvgIpc) is 3.49. The number of carbonyl (C=O) groups is 1. The molecule has 6 heteroatoms. The number of hydrogen-bond donors (Lipinski definition) is 1. The van der Waals surface area contributed by atoms with Crippen molar-refractivity contribution < 1.29 is 9.18 Å². The molecule has 0 spiro atoms. The second-order valence-corrected chi connectivity index (χ2v) is 7.37. The number of carbonyl (C=O) groups excluding carboxylic acids is 1. The minimum atomic E-state index is -0.331. The first kappa shape index (κ1) is 17.6. The Morgan fingerprint density at radius 2 is 2.04 bits per heavy atom. The Morgan fingerprint density at radius 1 is 1.26 bits per heavy atom. The molecule has 1 unspecified atom stereocenters. The summed E-state index contributed by atoms with van der Waals surface area (Å²) in [6.07, 6.45) is 4.98. The van der Waals surface area contributed by atoms with Gasteiger partial charge in [-0.3, -0.25) is 9.78 Å². The van der Waals surface area contributed by atoms with Crippen LogP contribution in [0, 0.1) is 17.1 Å². The molecule has 2 fully saturated rings. The second-order valence-electron chi connectivity index (χ2n) is 7.37. The number of hydrogen-bond acceptors (Lipinski definition) is 4. The minimum absolute atomic E-state index is 0.0637. The molecule has 5 nitrogen and oxygen atoms in total. The van der Waals surface area contributed by atoms with Crippen molar-refractivity contribution in [3.8, 4) is 6.07 Å². The highest BCUT2D eigenvalue weighted by molar-refractivity contribution is 5.98. The summed E-state index contributed by atoms with van der Waals surface area (Å²) in [4.78, 5) is 19.0. The molecule has 1 aliphatic heterocycles. The molecular weight excluding hydrogens is 343 g/mol. The van der Waals surface area contributed by atoms with Crippen molar-refractivity contribution >= 4 is 11.6 Å².